The highest BCUT2D eigenvalue weighted by Crippen LogP contribution is 2.32. The highest BCUT2D eigenvalue weighted by atomic mass is 32.2. The van der Waals surface area contributed by atoms with Crippen LogP contribution in [-0.4, -0.2) is 58.0 Å². The fourth-order valence-electron chi connectivity index (χ4n) is 4.26. The number of morpholine rings is 1. The normalized spacial score (nSPS) is 18.1. The first-order chi connectivity index (χ1) is 16.4. The zero-order chi connectivity index (χ0) is 24.0. The van der Waals surface area contributed by atoms with E-state index in [0.29, 0.717) is 37.6 Å². The van der Waals surface area contributed by atoms with Gasteiger partial charge in [-0.1, -0.05) is 25.0 Å². The average Bonchev–Trinajstić information content (AvgIpc) is 3.13. The van der Waals surface area contributed by atoms with Crippen LogP contribution in [-0.2, 0) is 19.6 Å². The SMILES string of the molecule is O=C(/C=C/c1cccc(F)c1)Nc1cc(S(=O)(=O)N2CCOCC2)ccc1N1CCCCCC1. The van der Waals surface area contributed by atoms with Gasteiger partial charge in [-0.15, -0.1) is 0 Å². The second-order valence-electron chi connectivity index (χ2n) is 8.47. The Kier molecular flexibility index (Phi) is 7.97. The number of anilines is 2. The number of benzene rings is 2. The standard InChI is InChI=1S/C25H30FN3O4S/c26-21-7-5-6-20(18-21)8-11-25(30)27-23-19-22(34(31,32)29-14-16-33-17-15-29)9-10-24(23)28-12-3-1-2-4-13-28/h5-11,18-19H,1-4,12-17H2,(H,27,30)/b11-8+. The maximum atomic E-state index is 13.4. The molecule has 2 saturated heterocycles. The smallest absolute Gasteiger partial charge is 0.248 e. The fourth-order valence-corrected chi connectivity index (χ4v) is 5.69. The highest BCUT2D eigenvalue weighted by Gasteiger charge is 2.27. The summed E-state index contributed by atoms with van der Waals surface area (Å²) in [5.41, 5.74) is 1.81. The third-order valence-electron chi connectivity index (χ3n) is 6.06. The van der Waals surface area contributed by atoms with Crippen LogP contribution in [0.2, 0.25) is 0 Å². The molecule has 9 heteroatoms. The van der Waals surface area contributed by atoms with Gasteiger partial charge < -0.3 is 15.0 Å². The molecule has 0 bridgehead atoms. The van der Waals surface area contributed by atoms with E-state index >= 15 is 0 Å². The van der Waals surface area contributed by atoms with Gasteiger partial charge in [0.25, 0.3) is 0 Å². The number of hydrogen-bond donors (Lipinski definition) is 1. The largest absolute Gasteiger partial charge is 0.379 e. The van der Waals surface area contributed by atoms with Crippen LogP contribution >= 0.6 is 0 Å². The maximum absolute atomic E-state index is 13.4. The molecule has 0 unspecified atom stereocenters. The van der Waals surface area contributed by atoms with Gasteiger partial charge in [-0.05, 0) is 54.8 Å². The summed E-state index contributed by atoms with van der Waals surface area (Å²) in [7, 11) is -3.71. The molecule has 0 aliphatic carbocycles. The Morgan fingerprint density at radius 3 is 2.41 bits per heavy atom. The fraction of sp³-hybridized carbons (Fsp3) is 0.400. The second-order valence-corrected chi connectivity index (χ2v) is 10.4. The van der Waals surface area contributed by atoms with Crippen molar-refractivity contribution in [3.63, 3.8) is 0 Å². The first kappa shape index (κ1) is 24.4. The van der Waals surface area contributed by atoms with E-state index in [-0.39, 0.29) is 10.7 Å². The van der Waals surface area contributed by atoms with Crippen LogP contribution in [0.3, 0.4) is 0 Å². The summed E-state index contributed by atoms with van der Waals surface area (Å²) in [4.78, 5) is 15.1. The van der Waals surface area contributed by atoms with Crippen molar-refractivity contribution in [1.29, 1.82) is 0 Å². The summed E-state index contributed by atoms with van der Waals surface area (Å²) < 4.78 is 46.5. The van der Waals surface area contributed by atoms with Crippen LogP contribution < -0.4 is 10.2 Å². The lowest BCUT2D eigenvalue weighted by Crippen LogP contribution is -2.40. The molecule has 4 rings (SSSR count). The average molecular weight is 488 g/mol. The van der Waals surface area contributed by atoms with E-state index in [0.717, 1.165) is 44.5 Å². The van der Waals surface area contributed by atoms with Crippen LogP contribution in [0.4, 0.5) is 15.8 Å². The summed E-state index contributed by atoms with van der Waals surface area (Å²) in [5, 5.41) is 2.86. The number of hydrogen-bond acceptors (Lipinski definition) is 5. The van der Waals surface area contributed by atoms with E-state index in [1.54, 1.807) is 30.3 Å². The number of nitrogens with one attached hydrogen (secondary N) is 1. The van der Waals surface area contributed by atoms with Crippen molar-refractivity contribution in [2.45, 2.75) is 30.6 Å². The molecule has 0 spiro atoms. The zero-order valence-corrected chi connectivity index (χ0v) is 19.9. The molecule has 7 nitrogen and oxygen atoms in total. The number of ether oxygens (including phenoxy) is 1. The number of carbonyl (C=O) groups is 1. The van der Waals surface area contributed by atoms with Crippen molar-refractivity contribution in [1.82, 2.24) is 4.31 Å². The van der Waals surface area contributed by atoms with Crippen molar-refractivity contribution in [3.8, 4) is 0 Å². The van der Waals surface area contributed by atoms with Crippen molar-refractivity contribution >= 4 is 33.4 Å². The van der Waals surface area contributed by atoms with E-state index < -0.39 is 15.9 Å². The number of carbonyl (C=O) groups excluding carboxylic acids is 1. The highest BCUT2D eigenvalue weighted by molar-refractivity contribution is 7.89. The minimum atomic E-state index is -3.71. The molecule has 0 atom stereocenters. The minimum absolute atomic E-state index is 0.136. The quantitative estimate of drug-likeness (QED) is 0.626. The Balaban J connectivity index is 1.62. The number of nitrogens with zero attached hydrogens (tertiary/aromatic N) is 2. The van der Waals surface area contributed by atoms with Crippen molar-refractivity contribution in [3.05, 3.63) is 59.9 Å². The minimum Gasteiger partial charge on any atom is -0.379 e. The van der Waals surface area contributed by atoms with Gasteiger partial charge in [0, 0.05) is 32.3 Å². The van der Waals surface area contributed by atoms with Gasteiger partial charge in [0.15, 0.2) is 0 Å². The lowest BCUT2D eigenvalue weighted by Gasteiger charge is -2.28. The summed E-state index contributed by atoms with van der Waals surface area (Å²) in [5.74, 6) is -0.798. The molecule has 1 N–H and O–H groups in total. The summed E-state index contributed by atoms with van der Waals surface area (Å²) >= 11 is 0. The lowest BCUT2D eigenvalue weighted by atomic mass is 10.2. The molecular weight excluding hydrogens is 457 g/mol. The zero-order valence-electron chi connectivity index (χ0n) is 19.1. The third kappa shape index (κ3) is 6.02. The van der Waals surface area contributed by atoms with Gasteiger partial charge in [-0.3, -0.25) is 4.79 Å². The molecule has 34 heavy (non-hydrogen) atoms. The molecule has 2 aromatic carbocycles. The van der Waals surface area contributed by atoms with E-state index in [2.05, 4.69) is 10.2 Å². The van der Waals surface area contributed by atoms with Crippen LogP contribution in [0.5, 0.6) is 0 Å². The molecule has 0 saturated carbocycles. The number of amides is 1. The Labute approximate surface area is 200 Å². The van der Waals surface area contributed by atoms with Crippen LogP contribution in [0.15, 0.2) is 53.4 Å². The number of rotatable bonds is 6. The van der Waals surface area contributed by atoms with Gasteiger partial charge in [0.2, 0.25) is 15.9 Å². The topological polar surface area (TPSA) is 79.0 Å². The first-order valence-electron chi connectivity index (χ1n) is 11.6. The molecule has 2 aromatic rings. The van der Waals surface area contributed by atoms with E-state index in [1.807, 2.05) is 0 Å². The Morgan fingerprint density at radius 1 is 0.971 bits per heavy atom. The maximum Gasteiger partial charge on any atom is 0.248 e. The Hall–Kier alpha value is -2.75. The predicted molar refractivity (Wildman–Crippen MR) is 131 cm³/mol. The van der Waals surface area contributed by atoms with E-state index in [9.17, 15) is 17.6 Å². The summed E-state index contributed by atoms with van der Waals surface area (Å²) in [6.45, 7) is 3.01. The molecular formula is C25H30FN3O4S. The van der Waals surface area contributed by atoms with E-state index in [4.69, 9.17) is 4.74 Å². The lowest BCUT2D eigenvalue weighted by molar-refractivity contribution is -0.111. The van der Waals surface area contributed by atoms with Gasteiger partial charge in [0.1, 0.15) is 5.82 Å². The van der Waals surface area contributed by atoms with E-state index in [1.165, 1.54) is 28.6 Å². The molecule has 2 aliphatic heterocycles. The molecule has 0 aromatic heterocycles. The molecule has 2 aliphatic rings. The summed E-state index contributed by atoms with van der Waals surface area (Å²) in [6.07, 6.45) is 7.24. The first-order valence-corrected chi connectivity index (χ1v) is 13.1. The van der Waals surface area contributed by atoms with Gasteiger partial charge in [-0.2, -0.15) is 4.31 Å². The predicted octanol–water partition coefficient (Wildman–Crippen LogP) is 3.88. The second kappa shape index (κ2) is 11.1. The Bertz CT molecular complexity index is 1140. The molecule has 2 heterocycles. The number of sulfonamides is 1. The van der Waals surface area contributed by atoms with Crippen LogP contribution in [0.1, 0.15) is 31.2 Å². The Morgan fingerprint density at radius 2 is 1.71 bits per heavy atom. The van der Waals surface area contributed by atoms with Crippen molar-refractivity contribution in [2.24, 2.45) is 0 Å². The molecule has 1 amide bonds. The molecule has 2 fully saturated rings. The van der Waals surface area contributed by atoms with Crippen molar-refractivity contribution < 1.29 is 22.3 Å². The van der Waals surface area contributed by atoms with Gasteiger partial charge in [0.05, 0.1) is 29.5 Å². The van der Waals surface area contributed by atoms with Crippen LogP contribution in [0, 0.1) is 5.82 Å². The molecule has 0 radical (unpaired) electrons. The third-order valence-corrected chi connectivity index (χ3v) is 7.95. The molecule has 182 valence electrons. The monoisotopic (exact) mass is 487 g/mol. The number of halogens is 1. The van der Waals surface area contributed by atoms with Crippen molar-refractivity contribution in [2.75, 3.05) is 49.6 Å². The van der Waals surface area contributed by atoms with Crippen LogP contribution in [0.25, 0.3) is 6.08 Å². The summed E-state index contributed by atoms with van der Waals surface area (Å²) in [6, 6.07) is 10.9. The van der Waals surface area contributed by atoms with Gasteiger partial charge in [-0.25, -0.2) is 12.8 Å². The van der Waals surface area contributed by atoms with Gasteiger partial charge >= 0.3 is 0 Å².